The number of fused-ring (bicyclic) bond motifs is 5. The van der Waals surface area contributed by atoms with Gasteiger partial charge in [-0.2, -0.15) is 0 Å². The van der Waals surface area contributed by atoms with Crippen LogP contribution >= 0.6 is 0 Å². The fourth-order valence-corrected chi connectivity index (χ4v) is 9.44. The predicted octanol–water partition coefficient (Wildman–Crippen LogP) is 6.44. The number of hydrogen-bond donors (Lipinski definition) is 2. The van der Waals surface area contributed by atoms with E-state index in [4.69, 9.17) is 0 Å². The molecule has 8 atom stereocenters. The van der Waals surface area contributed by atoms with Crippen molar-refractivity contribution < 1.29 is 10.2 Å². The molecular formula is C27H48O2. The monoisotopic (exact) mass is 404 g/mol. The summed E-state index contributed by atoms with van der Waals surface area (Å²) < 4.78 is 0. The van der Waals surface area contributed by atoms with Crippen LogP contribution in [0, 0.1) is 52.3 Å². The summed E-state index contributed by atoms with van der Waals surface area (Å²) in [5, 5.41) is 18.7. The fraction of sp³-hybridized carbons (Fsp3) is 1.00. The standard InChI is InChI=1S/C27H48O2/c1-19(7-6-8-20(17-28)18-29)23-12-13-24-22-11-10-21-9-4-5-15-26(21,2)25(22)14-16-27(23,24)3/h19-25,28-29H,4-18H2,1-3H3/t19-,21?,22+,23-,24+,25+,26+,27-/m1/s1. The van der Waals surface area contributed by atoms with Gasteiger partial charge in [-0.15, -0.1) is 0 Å². The van der Waals surface area contributed by atoms with E-state index in [9.17, 15) is 10.2 Å². The summed E-state index contributed by atoms with van der Waals surface area (Å²) >= 11 is 0. The first-order valence-electron chi connectivity index (χ1n) is 13.2. The summed E-state index contributed by atoms with van der Waals surface area (Å²) in [6.45, 7) is 8.16. The molecular weight excluding hydrogens is 356 g/mol. The molecule has 0 spiro atoms. The minimum atomic E-state index is 0.0935. The number of aliphatic hydroxyl groups excluding tert-OH is 2. The van der Waals surface area contributed by atoms with E-state index in [-0.39, 0.29) is 19.1 Å². The van der Waals surface area contributed by atoms with Crippen LogP contribution in [-0.4, -0.2) is 23.4 Å². The van der Waals surface area contributed by atoms with Crippen molar-refractivity contribution in [3.05, 3.63) is 0 Å². The lowest BCUT2D eigenvalue weighted by atomic mass is 9.44. The minimum Gasteiger partial charge on any atom is -0.396 e. The van der Waals surface area contributed by atoms with Crippen LogP contribution in [0.5, 0.6) is 0 Å². The van der Waals surface area contributed by atoms with Crippen LogP contribution in [0.3, 0.4) is 0 Å². The van der Waals surface area contributed by atoms with Crippen molar-refractivity contribution in [1.29, 1.82) is 0 Å². The molecule has 168 valence electrons. The molecule has 0 heterocycles. The van der Waals surface area contributed by atoms with Gasteiger partial charge in [0.15, 0.2) is 0 Å². The molecule has 4 aliphatic carbocycles. The lowest BCUT2D eigenvalue weighted by Gasteiger charge is -2.61. The summed E-state index contributed by atoms with van der Waals surface area (Å²) in [4.78, 5) is 0. The Morgan fingerprint density at radius 2 is 1.55 bits per heavy atom. The van der Waals surface area contributed by atoms with E-state index in [1.807, 2.05) is 0 Å². The number of aliphatic hydroxyl groups is 2. The van der Waals surface area contributed by atoms with Crippen LogP contribution in [-0.2, 0) is 0 Å². The molecule has 0 aliphatic heterocycles. The smallest absolute Gasteiger partial charge is 0.0481 e. The normalized spacial score (nSPS) is 45.5. The van der Waals surface area contributed by atoms with Gasteiger partial charge in [0.25, 0.3) is 0 Å². The highest BCUT2D eigenvalue weighted by atomic mass is 16.3. The molecule has 0 aromatic carbocycles. The van der Waals surface area contributed by atoms with Crippen molar-refractivity contribution in [2.24, 2.45) is 52.3 Å². The molecule has 4 rings (SSSR count). The van der Waals surface area contributed by atoms with Crippen molar-refractivity contribution in [1.82, 2.24) is 0 Å². The molecule has 0 aromatic heterocycles. The Morgan fingerprint density at radius 1 is 0.793 bits per heavy atom. The molecule has 1 unspecified atom stereocenters. The Balaban J connectivity index is 1.41. The Kier molecular flexibility index (Phi) is 6.72. The molecule has 0 saturated heterocycles. The summed E-state index contributed by atoms with van der Waals surface area (Å²) in [5.41, 5.74) is 1.24. The Bertz CT molecular complexity index is 543. The number of hydrogen-bond acceptors (Lipinski definition) is 2. The van der Waals surface area contributed by atoms with Crippen LogP contribution in [0.2, 0.25) is 0 Å². The highest BCUT2D eigenvalue weighted by molar-refractivity contribution is 5.09. The molecule has 2 N–H and O–H groups in total. The van der Waals surface area contributed by atoms with E-state index in [1.54, 1.807) is 0 Å². The molecule has 2 nitrogen and oxygen atoms in total. The molecule has 0 amide bonds. The van der Waals surface area contributed by atoms with Gasteiger partial charge in [0.05, 0.1) is 0 Å². The molecule has 4 fully saturated rings. The lowest BCUT2D eigenvalue weighted by Crippen LogP contribution is -2.53. The molecule has 29 heavy (non-hydrogen) atoms. The van der Waals surface area contributed by atoms with Gasteiger partial charge >= 0.3 is 0 Å². The Morgan fingerprint density at radius 3 is 2.31 bits per heavy atom. The van der Waals surface area contributed by atoms with Gasteiger partial charge in [-0.3, -0.25) is 0 Å². The minimum absolute atomic E-state index is 0.0935. The highest BCUT2D eigenvalue weighted by Gasteiger charge is 2.59. The zero-order valence-electron chi connectivity index (χ0n) is 19.5. The summed E-state index contributed by atoms with van der Waals surface area (Å²) in [7, 11) is 0. The van der Waals surface area contributed by atoms with E-state index >= 15 is 0 Å². The zero-order chi connectivity index (χ0) is 20.6. The van der Waals surface area contributed by atoms with Crippen LogP contribution in [0.1, 0.15) is 104 Å². The Hall–Kier alpha value is -0.0800. The van der Waals surface area contributed by atoms with Crippen molar-refractivity contribution in [3.8, 4) is 0 Å². The molecule has 0 aromatic rings. The topological polar surface area (TPSA) is 40.5 Å². The molecule has 0 radical (unpaired) electrons. The summed E-state index contributed by atoms with van der Waals surface area (Å²) in [6, 6.07) is 0. The third kappa shape index (κ3) is 3.84. The average molecular weight is 405 g/mol. The first-order chi connectivity index (χ1) is 13.9. The second kappa shape index (κ2) is 8.81. The van der Waals surface area contributed by atoms with E-state index in [1.165, 1.54) is 70.6 Å². The van der Waals surface area contributed by atoms with E-state index in [2.05, 4.69) is 20.8 Å². The van der Waals surface area contributed by atoms with Crippen molar-refractivity contribution in [2.45, 2.75) is 104 Å². The maximum absolute atomic E-state index is 9.35. The molecule has 0 bridgehead atoms. The van der Waals surface area contributed by atoms with Crippen molar-refractivity contribution in [2.75, 3.05) is 13.2 Å². The average Bonchev–Trinajstić information content (AvgIpc) is 3.08. The van der Waals surface area contributed by atoms with Crippen LogP contribution in [0.15, 0.2) is 0 Å². The van der Waals surface area contributed by atoms with Gasteiger partial charge in [-0.25, -0.2) is 0 Å². The van der Waals surface area contributed by atoms with Crippen molar-refractivity contribution in [3.63, 3.8) is 0 Å². The second-order valence-corrected chi connectivity index (χ2v) is 12.3. The first kappa shape index (κ1) is 22.1. The summed E-state index contributed by atoms with van der Waals surface area (Å²) in [6.07, 6.45) is 18.4. The Labute approximate surface area is 180 Å². The maximum Gasteiger partial charge on any atom is 0.0481 e. The van der Waals surface area contributed by atoms with Gasteiger partial charge in [0.1, 0.15) is 0 Å². The van der Waals surface area contributed by atoms with Gasteiger partial charge in [0.2, 0.25) is 0 Å². The van der Waals surface area contributed by atoms with Gasteiger partial charge < -0.3 is 10.2 Å². The SMILES string of the molecule is C[C@H](CCCC(CO)CO)[C@H]1CC[C@H]2[C@@H]3CCC4CCCC[C@]4(C)[C@H]3CC[C@]12C. The highest BCUT2D eigenvalue weighted by Crippen LogP contribution is 2.68. The fourth-order valence-electron chi connectivity index (χ4n) is 9.44. The molecule has 2 heteroatoms. The third-order valence-electron chi connectivity index (χ3n) is 11.1. The first-order valence-corrected chi connectivity index (χ1v) is 13.2. The van der Waals surface area contributed by atoms with Gasteiger partial charge in [-0.1, -0.05) is 46.5 Å². The predicted molar refractivity (Wildman–Crippen MR) is 121 cm³/mol. The molecule has 4 aliphatic rings. The number of rotatable bonds is 7. The van der Waals surface area contributed by atoms with Crippen LogP contribution < -0.4 is 0 Å². The maximum atomic E-state index is 9.35. The molecule has 4 saturated carbocycles. The lowest BCUT2D eigenvalue weighted by molar-refractivity contribution is -0.114. The quantitative estimate of drug-likeness (QED) is 0.512. The van der Waals surface area contributed by atoms with Crippen molar-refractivity contribution >= 4 is 0 Å². The van der Waals surface area contributed by atoms with E-state index < -0.39 is 0 Å². The summed E-state index contributed by atoms with van der Waals surface area (Å²) in [5.74, 6) is 5.83. The van der Waals surface area contributed by atoms with E-state index in [0.717, 1.165) is 48.3 Å². The van der Waals surface area contributed by atoms with Gasteiger partial charge in [-0.05, 0) is 104 Å². The van der Waals surface area contributed by atoms with E-state index in [0.29, 0.717) is 10.8 Å². The largest absolute Gasteiger partial charge is 0.396 e. The van der Waals surface area contributed by atoms with Crippen LogP contribution in [0.25, 0.3) is 0 Å². The van der Waals surface area contributed by atoms with Gasteiger partial charge in [0, 0.05) is 19.1 Å². The third-order valence-corrected chi connectivity index (χ3v) is 11.1. The zero-order valence-corrected chi connectivity index (χ0v) is 19.5. The van der Waals surface area contributed by atoms with Crippen LogP contribution in [0.4, 0.5) is 0 Å². The second-order valence-electron chi connectivity index (χ2n) is 12.3.